The Morgan fingerprint density at radius 2 is 1.62 bits per heavy atom. The van der Waals surface area contributed by atoms with Gasteiger partial charge in [0.1, 0.15) is 0 Å². The van der Waals surface area contributed by atoms with E-state index in [0.717, 1.165) is 73.7 Å². The Kier molecular flexibility index (Phi) is 8.07. The highest BCUT2D eigenvalue weighted by molar-refractivity contribution is 5.75. The van der Waals surface area contributed by atoms with Crippen LogP contribution < -0.4 is 4.74 Å². The van der Waals surface area contributed by atoms with E-state index in [1.54, 1.807) is 6.07 Å². The van der Waals surface area contributed by atoms with E-state index in [2.05, 4.69) is 13.0 Å². The summed E-state index contributed by atoms with van der Waals surface area (Å²) in [6, 6.07) is 4.99. The number of carbonyl (C=O) groups is 1. The molecular weight excluding hydrogens is 399 g/mol. The SMILES string of the molecule is C/C=C/CCc1ccc(OC(=O)C2CCC(C3CCC4CC(C)CCC4C3)CC2)c(F)c1. The first kappa shape index (κ1) is 23.5. The first-order valence-electron chi connectivity index (χ1n) is 13.1. The summed E-state index contributed by atoms with van der Waals surface area (Å²) >= 11 is 0. The topological polar surface area (TPSA) is 26.3 Å². The minimum atomic E-state index is -0.427. The number of carbonyl (C=O) groups excluding carboxylic acids is 1. The van der Waals surface area contributed by atoms with Crippen LogP contribution in [0.1, 0.15) is 90.0 Å². The van der Waals surface area contributed by atoms with Crippen LogP contribution in [-0.4, -0.2) is 5.97 Å². The van der Waals surface area contributed by atoms with Crippen molar-refractivity contribution in [1.82, 2.24) is 0 Å². The van der Waals surface area contributed by atoms with Crippen LogP contribution in [0.3, 0.4) is 0 Å². The number of esters is 1. The number of hydrogen-bond acceptors (Lipinski definition) is 2. The molecule has 3 saturated carbocycles. The second-order valence-corrected chi connectivity index (χ2v) is 10.9. The van der Waals surface area contributed by atoms with Gasteiger partial charge < -0.3 is 4.74 Å². The summed E-state index contributed by atoms with van der Waals surface area (Å²) in [7, 11) is 0. The second kappa shape index (κ2) is 11.0. The molecule has 1 aromatic carbocycles. The van der Waals surface area contributed by atoms with Crippen LogP contribution in [0.4, 0.5) is 4.39 Å². The van der Waals surface area contributed by atoms with Crippen molar-refractivity contribution in [3.05, 3.63) is 41.7 Å². The van der Waals surface area contributed by atoms with Gasteiger partial charge in [-0.1, -0.05) is 31.6 Å². The molecule has 0 heterocycles. The number of aryl methyl sites for hydroxylation is 1. The molecule has 0 aliphatic heterocycles. The molecule has 4 rings (SSSR count). The molecule has 0 bridgehead atoms. The predicted octanol–water partition coefficient (Wildman–Crippen LogP) is 7.90. The molecule has 0 spiro atoms. The van der Waals surface area contributed by atoms with Crippen LogP contribution in [0.15, 0.2) is 30.4 Å². The Morgan fingerprint density at radius 1 is 0.969 bits per heavy atom. The number of halogens is 1. The lowest BCUT2D eigenvalue weighted by Crippen LogP contribution is -2.35. The summed E-state index contributed by atoms with van der Waals surface area (Å²) < 4.78 is 20.0. The van der Waals surface area contributed by atoms with Crippen molar-refractivity contribution >= 4 is 5.97 Å². The highest BCUT2D eigenvalue weighted by Gasteiger charge is 2.39. The molecule has 0 radical (unpaired) electrons. The Hall–Kier alpha value is -1.64. The number of rotatable bonds is 6. The lowest BCUT2D eigenvalue weighted by atomic mass is 9.61. The molecule has 4 unspecified atom stereocenters. The van der Waals surface area contributed by atoms with E-state index in [-0.39, 0.29) is 17.6 Å². The van der Waals surface area contributed by atoms with Gasteiger partial charge in [0, 0.05) is 0 Å². The number of allylic oxidation sites excluding steroid dienone is 2. The van der Waals surface area contributed by atoms with E-state index in [4.69, 9.17) is 4.74 Å². The van der Waals surface area contributed by atoms with Crippen molar-refractivity contribution in [2.75, 3.05) is 0 Å². The lowest BCUT2D eigenvalue weighted by Gasteiger charge is -2.44. The molecule has 0 aromatic heterocycles. The minimum Gasteiger partial charge on any atom is -0.423 e. The van der Waals surface area contributed by atoms with Gasteiger partial charge in [0.25, 0.3) is 0 Å². The molecule has 176 valence electrons. The molecular formula is C29H41FO2. The van der Waals surface area contributed by atoms with Crippen LogP contribution in [0.5, 0.6) is 5.75 Å². The average Bonchev–Trinajstić information content (AvgIpc) is 2.80. The van der Waals surface area contributed by atoms with Gasteiger partial charge in [-0.05, 0) is 125 Å². The van der Waals surface area contributed by atoms with Crippen LogP contribution in [0.2, 0.25) is 0 Å². The Morgan fingerprint density at radius 3 is 2.34 bits per heavy atom. The monoisotopic (exact) mass is 440 g/mol. The molecule has 3 heteroatoms. The summed E-state index contributed by atoms with van der Waals surface area (Å²) in [4.78, 5) is 12.7. The van der Waals surface area contributed by atoms with Gasteiger partial charge in [-0.25, -0.2) is 4.39 Å². The number of hydrogen-bond donors (Lipinski definition) is 0. The molecule has 4 atom stereocenters. The zero-order valence-electron chi connectivity index (χ0n) is 20.0. The number of ether oxygens (including phenoxy) is 1. The standard InChI is InChI=1S/C29H41FO2/c1-3-4-5-6-21-8-16-28(27(30)18-21)32-29(31)23-12-10-22(11-13-23)25-15-14-24-17-20(2)7-9-26(24)19-25/h3-4,8,16,18,20,22-26H,5-7,9-15,17,19H2,1-2H3/b4-3+. The smallest absolute Gasteiger partial charge is 0.314 e. The third-order valence-corrected chi connectivity index (χ3v) is 8.73. The maximum atomic E-state index is 14.5. The highest BCUT2D eigenvalue weighted by Crippen LogP contribution is 2.49. The highest BCUT2D eigenvalue weighted by atomic mass is 19.1. The van der Waals surface area contributed by atoms with E-state index >= 15 is 0 Å². The third kappa shape index (κ3) is 5.83. The summed E-state index contributed by atoms with van der Waals surface area (Å²) in [5.41, 5.74) is 0.933. The van der Waals surface area contributed by atoms with Gasteiger partial charge >= 0.3 is 5.97 Å². The fourth-order valence-corrected chi connectivity index (χ4v) is 6.81. The Balaban J connectivity index is 1.24. The van der Waals surface area contributed by atoms with E-state index in [9.17, 15) is 9.18 Å². The summed E-state index contributed by atoms with van der Waals surface area (Å²) in [6.07, 6.45) is 18.3. The van der Waals surface area contributed by atoms with Gasteiger partial charge in [-0.3, -0.25) is 4.79 Å². The maximum Gasteiger partial charge on any atom is 0.314 e. The molecule has 32 heavy (non-hydrogen) atoms. The van der Waals surface area contributed by atoms with Gasteiger partial charge in [0.15, 0.2) is 11.6 Å². The molecule has 0 saturated heterocycles. The summed E-state index contributed by atoms with van der Waals surface area (Å²) in [5, 5.41) is 0. The Labute approximate surface area is 194 Å². The number of fused-ring (bicyclic) bond motifs is 1. The van der Waals surface area contributed by atoms with Crippen molar-refractivity contribution in [3.8, 4) is 5.75 Å². The lowest BCUT2D eigenvalue weighted by molar-refractivity contribution is -0.140. The first-order valence-corrected chi connectivity index (χ1v) is 13.1. The van der Waals surface area contributed by atoms with Crippen LogP contribution in [0.25, 0.3) is 0 Å². The third-order valence-electron chi connectivity index (χ3n) is 8.73. The molecule has 2 nitrogen and oxygen atoms in total. The number of benzene rings is 1. The van der Waals surface area contributed by atoms with E-state index in [1.165, 1.54) is 44.6 Å². The van der Waals surface area contributed by atoms with Crippen LogP contribution in [-0.2, 0) is 11.2 Å². The average molecular weight is 441 g/mol. The van der Waals surface area contributed by atoms with Crippen molar-refractivity contribution in [2.45, 2.75) is 90.9 Å². The first-order chi connectivity index (χ1) is 15.5. The largest absolute Gasteiger partial charge is 0.423 e. The van der Waals surface area contributed by atoms with Crippen molar-refractivity contribution in [3.63, 3.8) is 0 Å². The maximum absolute atomic E-state index is 14.5. The predicted molar refractivity (Wildman–Crippen MR) is 128 cm³/mol. The zero-order chi connectivity index (χ0) is 22.5. The summed E-state index contributed by atoms with van der Waals surface area (Å²) in [6.45, 7) is 4.41. The van der Waals surface area contributed by atoms with Crippen LogP contribution in [0, 0.1) is 41.3 Å². The fraction of sp³-hybridized carbons (Fsp3) is 0.690. The Bertz CT molecular complexity index is 792. The van der Waals surface area contributed by atoms with Crippen molar-refractivity contribution in [1.29, 1.82) is 0 Å². The zero-order valence-corrected chi connectivity index (χ0v) is 20.0. The van der Waals surface area contributed by atoms with E-state index < -0.39 is 5.82 Å². The van der Waals surface area contributed by atoms with Gasteiger partial charge in [-0.2, -0.15) is 0 Å². The van der Waals surface area contributed by atoms with Gasteiger partial charge in [0.05, 0.1) is 5.92 Å². The molecule has 3 aliphatic rings. The van der Waals surface area contributed by atoms with E-state index in [0.29, 0.717) is 0 Å². The van der Waals surface area contributed by atoms with E-state index in [1.807, 2.05) is 19.1 Å². The van der Waals surface area contributed by atoms with Gasteiger partial charge in [-0.15, -0.1) is 0 Å². The summed E-state index contributed by atoms with van der Waals surface area (Å²) in [5.74, 6) is 3.82. The molecule has 0 amide bonds. The second-order valence-electron chi connectivity index (χ2n) is 10.9. The normalized spacial score (nSPS) is 33.1. The molecule has 0 N–H and O–H groups in total. The van der Waals surface area contributed by atoms with Crippen molar-refractivity contribution < 1.29 is 13.9 Å². The van der Waals surface area contributed by atoms with Gasteiger partial charge in [0.2, 0.25) is 0 Å². The fourth-order valence-electron chi connectivity index (χ4n) is 6.81. The molecule has 3 fully saturated rings. The van der Waals surface area contributed by atoms with Crippen LogP contribution >= 0.6 is 0 Å². The van der Waals surface area contributed by atoms with Crippen molar-refractivity contribution in [2.24, 2.45) is 35.5 Å². The molecule has 3 aliphatic carbocycles. The quantitative estimate of drug-likeness (QED) is 0.255. The molecule has 1 aromatic rings. The minimum absolute atomic E-state index is 0.0770.